The number of nitrogens with one attached hydrogen (secondary N) is 1. The Hall–Kier alpha value is -3.29. The molecule has 1 fully saturated rings. The van der Waals surface area contributed by atoms with Crippen molar-refractivity contribution in [3.8, 4) is 0 Å². The summed E-state index contributed by atoms with van der Waals surface area (Å²) in [5, 5.41) is 3.43. The molecule has 33 heavy (non-hydrogen) atoms. The smallest absolute Gasteiger partial charge is 0.269 e. The fraction of sp³-hybridized carbons (Fsp3) is 0.160. The highest BCUT2D eigenvalue weighted by Crippen LogP contribution is 2.55. The molecule has 0 radical (unpaired) electrons. The van der Waals surface area contributed by atoms with Crippen LogP contribution in [0.5, 0.6) is 0 Å². The zero-order valence-electron chi connectivity index (χ0n) is 17.7. The maximum atomic E-state index is 13.9. The summed E-state index contributed by atoms with van der Waals surface area (Å²) in [5.74, 6) is -0.630. The predicted octanol–water partition coefficient (Wildman–Crippen LogP) is 4.57. The first kappa shape index (κ1) is 21.6. The van der Waals surface area contributed by atoms with Gasteiger partial charge in [-0.3, -0.25) is 24.2 Å². The lowest BCUT2D eigenvalue weighted by molar-refractivity contribution is -0.124. The van der Waals surface area contributed by atoms with E-state index in [1.807, 2.05) is 55.5 Å². The van der Waals surface area contributed by atoms with Crippen LogP contribution in [0.3, 0.4) is 0 Å². The first-order chi connectivity index (χ1) is 15.9. The summed E-state index contributed by atoms with van der Waals surface area (Å²) in [5.41, 5.74) is 3.54. The number of fused-ring (bicyclic) bond motifs is 2. The number of amides is 3. The van der Waals surface area contributed by atoms with Gasteiger partial charge in [0, 0.05) is 22.0 Å². The molecule has 0 aliphatic carbocycles. The van der Waals surface area contributed by atoms with E-state index in [2.05, 4.69) is 5.32 Å². The number of hydrogen-bond donors (Lipinski definition) is 1. The average molecular weight is 478 g/mol. The Labute approximate surface area is 200 Å². The molecule has 1 saturated heterocycles. The van der Waals surface area contributed by atoms with Crippen LogP contribution in [0.2, 0.25) is 5.02 Å². The maximum absolute atomic E-state index is 13.9. The van der Waals surface area contributed by atoms with Crippen molar-refractivity contribution in [1.82, 2.24) is 0 Å². The van der Waals surface area contributed by atoms with Crippen LogP contribution in [0, 0.1) is 6.92 Å². The van der Waals surface area contributed by atoms with Crippen molar-refractivity contribution in [1.29, 1.82) is 0 Å². The fourth-order valence-corrected chi connectivity index (χ4v) is 5.83. The molecule has 3 amide bonds. The molecule has 3 aromatic carbocycles. The molecule has 2 aliphatic rings. The summed E-state index contributed by atoms with van der Waals surface area (Å²) in [4.78, 5) is 41.6. The molecule has 1 N–H and O–H groups in total. The largest absolute Gasteiger partial charge is 0.324 e. The van der Waals surface area contributed by atoms with Gasteiger partial charge >= 0.3 is 0 Å². The summed E-state index contributed by atoms with van der Waals surface area (Å²) >= 11 is 7.32. The molecule has 8 heteroatoms. The molecule has 1 unspecified atom stereocenters. The van der Waals surface area contributed by atoms with Crippen LogP contribution in [-0.2, 0) is 19.3 Å². The van der Waals surface area contributed by atoms with E-state index >= 15 is 0 Å². The number of hydrogen-bond acceptors (Lipinski definition) is 4. The standard InChI is InChI=1S/C25H20ClN3O3S/c1-16-6-2-4-8-20(16)27-22(30)14-28-21-9-5-3-7-19(21)25(24(28)32)29(23(31)15-33-25)18-12-10-17(26)11-13-18/h2-13H,14-15H2,1H3,(H,27,30). The number of halogens is 1. The highest BCUT2D eigenvalue weighted by Gasteiger charge is 2.61. The Kier molecular flexibility index (Phi) is 5.38. The Balaban J connectivity index is 1.52. The quantitative estimate of drug-likeness (QED) is 0.597. The summed E-state index contributed by atoms with van der Waals surface area (Å²) in [7, 11) is 0. The third kappa shape index (κ3) is 3.48. The summed E-state index contributed by atoms with van der Waals surface area (Å²) in [6.45, 7) is 1.75. The number of anilines is 3. The minimum atomic E-state index is -1.26. The van der Waals surface area contributed by atoms with E-state index in [0.29, 0.717) is 27.6 Å². The van der Waals surface area contributed by atoms with Crippen LogP contribution in [0.15, 0.2) is 72.8 Å². The van der Waals surface area contributed by atoms with Gasteiger partial charge in [-0.2, -0.15) is 0 Å². The lowest BCUT2D eigenvalue weighted by atomic mass is 10.0. The van der Waals surface area contributed by atoms with Gasteiger partial charge in [0.05, 0.1) is 11.4 Å². The lowest BCUT2D eigenvalue weighted by Crippen LogP contribution is -2.50. The molecule has 3 aromatic rings. The molecular formula is C25H20ClN3O3S. The molecule has 1 atom stereocenters. The van der Waals surface area contributed by atoms with Crippen LogP contribution in [-0.4, -0.2) is 30.0 Å². The highest BCUT2D eigenvalue weighted by molar-refractivity contribution is 8.02. The second-order valence-corrected chi connectivity index (χ2v) is 9.51. The minimum absolute atomic E-state index is 0.158. The van der Waals surface area contributed by atoms with E-state index in [4.69, 9.17) is 11.6 Å². The molecule has 1 spiro atoms. The first-order valence-electron chi connectivity index (χ1n) is 10.4. The molecule has 5 rings (SSSR count). The van der Waals surface area contributed by atoms with E-state index in [1.54, 1.807) is 24.3 Å². The van der Waals surface area contributed by atoms with Gasteiger partial charge in [-0.1, -0.05) is 48.0 Å². The van der Waals surface area contributed by atoms with Gasteiger partial charge < -0.3 is 5.32 Å². The summed E-state index contributed by atoms with van der Waals surface area (Å²) < 4.78 is 0. The zero-order chi connectivity index (χ0) is 23.2. The normalized spacial score (nSPS) is 19.3. The third-order valence-electron chi connectivity index (χ3n) is 5.87. The molecule has 2 aliphatic heterocycles. The second-order valence-electron chi connectivity index (χ2n) is 7.91. The van der Waals surface area contributed by atoms with E-state index in [0.717, 1.165) is 5.56 Å². The van der Waals surface area contributed by atoms with Gasteiger partial charge in [0.15, 0.2) is 0 Å². The third-order valence-corrected chi connectivity index (χ3v) is 7.51. The average Bonchev–Trinajstić information content (AvgIpc) is 3.27. The Bertz CT molecular complexity index is 1280. The van der Waals surface area contributed by atoms with Crippen LogP contribution in [0.1, 0.15) is 11.1 Å². The number of rotatable bonds is 4. The topological polar surface area (TPSA) is 69.7 Å². The molecule has 0 saturated carbocycles. The zero-order valence-corrected chi connectivity index (χ0v) is 19.3. The predicted molar refractivity (Wildman–Crippen MR) is 132 cm³/mol. The van der Waals surface area contributed by atoms with Crippen LogP contribution >= 0.6 is 23.4 Å². The molecule has 0 aromatic heterocycles. The van der Waals surface area contributed by atoms with Gasteiger partial charge in [-0.25, -0.2) is 0 Å². The van der Waals surface area contributed by atoms with Crippen molar-refractivity contribution in [3.05, 3.63) is 88.9 Å². The molecule has 6 nitrogen and oxygen atoms in total. The number of carbonyl (C=O) groups is 3. The molecular weight excluding hydrogens is 458 g/mol. The molecule has 2 heterocycles. The van der Waals surface area contributed by atoms with Crippen molar-refractivity contribution in [2.75, 3.05) is 27.4 Å². The molecule has 166 valence electrons. The number of nitrogens with zero attached hydrogens (tertiary/aromatic N) is 2. The van der Waals surface area contributed by atoms with E-state index in [9.17, 15) is 14.4 Å². The Morgan fingerprint density at radius 3 is 2.48 bits per heavy atom. The van der Waals surface area contributed by atoms with E-state index < -0.39 is 4.87 Å². The van der Waals surface area contributed by atoms with E-state index in [-0.39, 0.29) is 30.0 Å². The van der Waals surface area contributed by atoms with Gasteiger partial charge in [0.2, 0.25) is 16.7 Å². The molecule has 0 bridgehead atoms. The first-order valence-corrected chi connectivity index (χ1v) is 11.8. The Morgan fingerprint density at radius 2 is 1.73 bits per heavy atom. The lowest BCUT2D eigenvalue weighted by Gasteiger charge is -2.33. The van der Waals surface area contributed by atoms with Crippen molar-refractivity contribution in [3.63, 3.8) is 0 Å². The monoisotopic (exact) mass is 477 g/mol. The number of aryl methyl sites for hydroxylation is 1. The highest BCUT2D eigenvalue weighted by atomic mass is 35.5. The van der Waals surface area contributed by atoms with E-state index in [1.165, 1.54) is 21.6 Å². The second kappa shape index (κ2) is 8.24. The van der Waals surface area contributed by atoms with Gasteiger partial charge in [0.1, 0.15) is 6.54 Å². The van der Waals surface area contributed by atoms with Crippen LogP contribution in [0.4, 0.5) is 17.1 Å². The van der Waals surface area contributed by atoms with Gasteiger partial charge in [0.25, 0.3) is 5.91 Å². The summed E-state index contributed by atoms with van der Waals surface area (Å²) in [6.07, 6.45) is 0. The van der Waals surface area contributed by atoms with Crippen LogP contribution < -0.4 is 15.1 Å². The SMILES string of the molecule is Cc1ccccc1NC(=O)CN1C(=O)C2(SCC(=O)N2c2ccc(Cl)cc2)c2ccccc21. The fourth-order valence-electron chi connectivity index (χ4n) is 4.35. The number of carbonyl (C=O) groups excluding carboxylic acids is 3. The van der Waals surface area contributed by atoms with Crippen LogP contribution in [0.25, 0.3) is 0 Å². The minimum Gasteiger partial charge on any atom is -0.324 e. The Morgan fingerprint density at radius 1 is 1.03 bits per heavy atom. The maximum Gasteiger partial charge on any atom is 0.269 e. The number of benzene rings is 3. The van der Waals surface area contributed by atoms with Crippen molar-refractivity contribution < 1.29 is 14.4 Å². The van der Waals surface area contributed by atoms with Gasteiger partial charge in [-0.05, 0) is 48.9 Å². The van der Waals surface area contributed by atoms with Crippen molar-refractivity contribution in [2.24, 2.45) is 0 Å². The number of para-hydroxylation sites is 2. The number of thioether (sulfide) groups is 1. The van der Waals surface area contributed by atoms with Crippen molar-refractivity contribution in [2.45, 2.75) is 11.8 Å². The van der Waals surface area contributed by atoms with Crippen molar-refractivity contribution >= 4 is 58.1 Å². The summed E-state index contributed by atoms with van der Waals surface area (Å²) in [6, 6.07) is 21.7. The van der Waals surface area contributed by atoms with Gasteiger partial charge in [-0.15, -0.1) is 11.8 Å².